The molecule has 1 aliphatic heterocycles. The van der Waals surface area contributed by atoms with Crippen LogP contribution in [0.5, 0.6) is 0 Å². The topological polar surface area (TPSA) is 63.2 Å². The first-order valence-electron chi connectivity index (χ1n) is 12.0. The number of hydrogen-bond acceptors (Lipinski definition) is 6. The fraction of sp³-hybridized carbons (Fsp3) is 0.321. The van der Waals surface area contributed by atoms with E-state index in [-0.39, 0.29) is 17.7 Å². The van der Waals surface area contributed by atoms with E-state index in [1.807, 2.05) is 6.07 Å². The van der Waals surface area contributed by atoms with Crippen LogP contribution in [0.2, 0.25) is 0 Å². The molecule has 0 amide bonds. The molecule has 5 rings (SSSR count). The Bertz CT molecular complexity index is 1470. The lowest BCUT2D eigenvalue weighted by Gasteiger charge is -2.38. The second kappa shape index (κ2) is 9.30. The molecule has 0 saturated heterocycles. The summed E-state index contributed by atoms with van der Waals surface area (Å²) in [4.78, 5) is 15.5. The highest BCUT2D eigenvalue weighted by Gasteiger charge is 2.34. The lowest BCUT2D eigenvalue weighted by Crippen LogP contribution is -2.34. The third-order valence-corrected chi connectivity index (χ3v) is 6.88. The molecule has 9 heteroatoms. The van der Waals surface area contributed by atoms with Crippen molar-refractivity contribution in [1.82, 2.24) is 15.0 Å². The molecule has 4 aromatic rings. The summed E-state index contributed by atoms with van der Waals surface area (Å²) in [6.45, 7) is 5.63. The van der Waals surface area contributed by atoms with Crippen molar-refractivity contribution in [3.8, 4) is 11.3 Å². The van der Waals surface area contributed by atoms with Gasteiger partial charge in [-0.2, -0.15) is 13.2 Å². The van der Waals surface area contributed by atoms with Gasteiger partial charge in [0, 0.05) is 49.2 Å². The Morgan fingerprint density at radius 2 is 1.89 bits per heavy atom. The van der Waals surface area contributed by atoms with Crippen LogP contribution >= 0.6 is 0 Å². The first-order chi connectivity index (χ1) is 17.6. The van der Waals surface area contributed by atoms with Crippen LogP contribution in [0.1, 0.15) is 37.2 Å². The summed E-state index contributed by atoms with van der Waals surface area (Å²) >= 11 is 0. The monoisotopic (exact) mass is 507 g/mol. The van der Waals surface area contributed by atoms with Crippen molar-refractivity contribution in [2.24, 2.45) is 0 Å². The van der Waals surface area contributed by atoms with Gasteiger partial charge in [0.2, 0.25) is 0 Å². The van der Waals surface area contributed by atoms with Crippen molar-refractivity contribution < 1.29 is 17.9 Å². The van der Waals surface area contributed by atoms with Gasteiger partial charge in [-0.3, -0.25) is 4.98 Å². The largest absolute Gasteiger partial charge is 0.418 e. The molecule has 192 valence electrons. The van der Waals surface area contributed by atoms with Crippen LogP contribution in [0.3, 0.4) is 0 Å². The minimum atomic E-state index is -4.52. The van der Waals surface area contributed by atoms with Gasteiger partial charge in [0.05, 0.1) is 16.8 Å². The lowest BCUT2D eigenvalue weighted by atomic mass is 9.78. The summed E-state index contributed by atoms with van der Waals surface area (Å²) in [7, 11) is 3.63. The molecule has 1 aliphatic rings. The molecule has 0 spiro atoms. The Balaban J connectivity index is 1.59. The number of methoxy groups -OCH3 is 1. The van der Waals surface area contributed by atoms with E-state index in [2.05, 4.69) is 58.2 Å². The van der Waals surface area contributed by atoms with Crippen LogP contribution in [0.15, 0.2) is 54.7 Å². The number of benzene rings is 2. The predicted octanol–water partition coefficient (Wildman–Crippen LogP) is 6.72. The van der Waals surface area contributed by atoms with Gasteiger partial charge in [-0.25, -0.2) is 9.97 Å². The number of pyridine rings is 1. The molecule has 1 N–H and O–H groups in total. The van der Waals surface area contributed by atoms with E-state index in [9.17, 15) is 13.2 Å². The highest BCUT2D eigenvalue weighted by Crippen LogP contribution is 2.41. The van der Waals surface area contributed by atoms with Gasteiger partial charge < -0.3 is 15.0 Å². The van der Waals surface area contributed by atoms with Crippen molar-refractivity contribution in [1.29, 1.82) is 0 Å². The van der Waals surface area contributed by atoms with E-state index < -0.39 is 11.7 Å². The van der Waals surface area contributed by atoms with Crippen molar-refractivity contribution in [3.63, 3.8) is 0 Å². The number of fused-ring (bicyclic) bond motifs is 2. The number of hydrogen-bond donors (Lipinski definition) is 1. The lowest BCUT2D eigenvalue weighted by molar-refractivity contribution is -0.137. The maximum absolute atomic E-state index is 13.6. The van der Waals surface area contributed by atoms with Crippen LogP contribution in [-0.4, -0.2) is 35.7 Å². The highest BCUT2D eigenvalue weighted by molar-refractivity contribution is 5.93. The second-order valence-electron chi connectivity index (χ2n) is 9.96. The Kier molecular flexibility index (Phi) is 6.27. The molecule has 0 atom stereocenters. The first-order valence-corrected chi connectivity index (χ1v) is 12.0. The van der Waals surface area contributed by atoms with Gasteiger partial charge in [-0.1, -0.05) is 26.0 Å². The minimum Gasteiger partial charge on any atom is -0.377 e. The molecule has 0 fully saturated rings. The molecule has 0 unspecified atom stereocenters. The van der Waals surface area contributed by atoms with Crippen molar-refractivity contribution in [2.45, 2.75) is 38.5 Å². The summed E-state index contributed by atoms with van der Waals surface area (Å²) in [5.74, 6) is 0.973. The van der Waals surface area contributed by atoms with E-state index in [0.717, 1.165) is 30.4 Å². The number of nitrogens with one attached hydrogen (secondary N) is 1. The van der Waals surface area contributed by atoms with Crippen molar-refractivity contribution in [2.75, 3.05) is 30.9 Å². The SMILES string of the molecule is COCc1nc(Nc2ccc3c(c2)N(C)CCC3(C)C)c2ccc(-c3ncccc3C(F)(F)F)cc2n1. The molecule has 2 aromatic heterocycles. The maximum Gasteiger partial charge on any atom is 0.418 e. The summed E-state index contributed by atoms with van der Waals surface area (Å²) < 4.78 is 46.1. The molecule has 2 aromatic carbocycles. The standard InChI is InChI=1S/C28H28F3N5O/c1-27(2)11-13-36(3)23-15-18(8-10-20(23)27)33-26-19-9-7-17(14-22(19)34-24(35-26)16-37-4)25-21(28(29,30)31)6-5-12-32-25/h5-10,12,14-15H,11,13,16H2,1-4H3,(H,33,34,35). The Morgan fingerprint density at radius 1 is 1.08 bits per heavy atom. The van der Waals surface area contributed by atoms with Gasteiger partial charge in [-0.05, 0) is 53.8 Å². The summed E-state index contributed by atoms with van der Waals surface area (Å²) in [6, 6.07) is 13.6. The highest BCUT2D eigenvalue weighted by atomic mass is 19.4. The first kappa shape index (κ1) is 25.0. The average molecular weight is 508 g/mol. The molecule has 0 aliphatic carbocycles. The fourth-order valence-electron chi connectivity index (χ4n) is 4.81. The average Bonchev–Trinajstić information content (AvgIpc) is 2.86. The maximum atomic E-state index is 13.6. The van der Waals surface area contributed by atoms with Crippen LogP contribution in [0, 0.1) is 0 Å². The number of aromatic nitrogens is 3. The second-order valence-corrected chi connectivity index (χ2v) is 9.96. The normalized spacial score (nSPS) is 15.1. The van der Waals surface area contributed by atoms with Crippen molar-refractivity contribution >= 4 is 28.1 Å². The zero-order valence-electron chi connectivity index (χ0n) is 21.1. The minimum absolute atomic E-state index is 0.0881. The Labute approximate surface area is 213 Å². The molecule has 3 heterocycles. The molecule has 0 saturated carbocycles. The number of alkyl halides is 3. The van der Waals surface area contributed by atoms with E-state index in [0.29, 0.717) is 28.1 Å². The third kappa shape index (κ3) is 4.83. The zero-order chi connectivity index (χ0) is 26.4. The fourth-order valence-corrected chi connectivity index (χ4v) is 4.81. The predicted molar refractivity (Wildman–Crippen MR) is 139 cm³/mol. The van der Waals surface area contributed by atoms with Gasteiger partial charge >= 0.3 is 6.18 Å². The summed E-state index contributed by atoms with van der Waals surface area (Å²) in [5, 5.41) is 4.09. The number of rotatable bonds is 5. The molecule has 0 bridgehead atoms. The molecule has 6 nitrogen and oxygen atoms in total. The van der Waals surface area contributed by atoms with Gasteiger partial charge in [0.25, 0.3) is 0 Å². The Hall–Kier alpha value is -3.72. The molecular weight excluding hydrogens is 479 g/mol. The number of halogens is 3. The zero-order valence-corrected chi connectivity index (χ0v) is 21.1. The van der Waals surface area contributed by atoms with E-state index >= 15 is 0 Å². The van der Waals surface area contributed by atoms with Crippen LogP contribution in [-0.2, 0) is 22.9 Å². The van der Waals surface area contributed by atoms with Gasteiger partial charge in [0.1, 0.15) is 12.4 Å². The smallest absolute Gasteiger partial charge is 0.377 e. The van der Waals surface area contributed by atoms with Crippen LogP contribution in [0.4, 0.5) is 30.4 Å². The van der Waals surface area contributed by atoms with E-state index in [1.54, 1.807) is 25.3 Å². The Morgan fingerprint density at radius 3 is 2.65 bits per heavy atom. The van der Waals surface area contributed by atoms with E-state index in [1.165, 1.54) is 17.8 Å². The molecule has 0 radical (unpaired) electrons. The van der Waals surface area contributed by atoms with Gasteiger partial charge in [0.15, 0.2) is 5.82 Å². The molecule has 37 heavy (non-hydrogen) atoms. The summed E-state index contributed by atoms with van der Waals surface area (Å²) in [5.41, 5.74) is 3.29. The van der Waals surface area contributed by atoms with Gasteiger partial charge in [-0.15, -0.1) is 0 Å². The third-order valence-electron chi connectivity index (χ3n) is 6.88. The van der Waals surface area contributed by atoms with Crippen LogP contribution in [0.25, 0.3) is 22.2 Å². The van der Waals surface area contributed by atoms with Crippen molar-refractivity contribution in [3.05, 3.63) is 71.7 Å². The molecular formula is C28H28F3N5O. The van der Waals surface area contributed by atoms with E-state index in [4.69, 9.17) is 4.74 Å². The summed E-state index contributed by atoms with van der Waals surface area (Å²) in [6.07, 6.45) is -2.09. The number of ether oxygens (including phenoxy) is 1. The quantitative estimate of drug-likeness (QED) is 0.324. The number of anilines is 3. The van der Waals surface area contributed by atoms with Crippen LogP contribution < -0.4 is 10.2 Å². The number of nitrogens with zero attached hydrogens (tertiary/aromatic N) is 4.